The number of carbonyl (C=O) groups is 1. The molecule has 5 nitrogen and oxygen atoms in total. The summed E-state index contributed by atoms with van der Waals surface area (Å²) < 4.78 is 7.66. The molecular weight excluding hydrogens is 496 g/mol. The molecule has 0 saturated heterocycles. The molecule has 0 fully saturated rings. The maximum absolute atomic E-state index is 13.1. The number of hydrogen-bond acceptors (Lipinski definition) is 4. The molecule has 4 aromatic carbocycles. The van der Waals surface area contributed by atoms with Crippen molar-refractivity contribution < 1.29 is 14.6 Å². The molecule has 5 heteroatoms. The third-order valence-corrected chi connectivity index (χ3v) is 7.04. The Hall–Kier alpha value is -4.48. The van der Waals surface area contributed by atoms with Crippen LogP contribution in [-0.2, 0) is 20.7 Å². The minimum absolute atomic E-state index is 0.277. The summed E-state index contributed by atoms with van der Waals surface area (Å²) in [5.41, 5.74) is 0.845. The first-order chi connectivity index (χ1) is 19.2. The molecule has 40 heavy (non-hydrogen) atoms. The van der Waals surface area contributed by atoms with Crippen LogP contribution in [0.25, 0.3) is 0 Å². The van der Waals surface area contributed by atoms with Gasteiger partial charge in [0.1, 0.15) is 16.7 Å². The highest BCUT2D eigenvalue weighted by atomic mass is 16.6. The average Bonchev–Trinajstić information content (AvgIpc) is 3.46. The van der Waals surface area contributed by atoms with Crippen molar-refractivity contribution in [2.45, 2.75) is 43.9 Å². The predicted octanol–water partition coefficient (Wildman–Crippen LogP) is 6.69. The number of imidazole rings is 1. The summed E-state index contributed by atoms with van der Waals surface area (Å²) in [5, 5.41) is 12.2. The van der Waals surface area contributed by atoms with E-state index in [1.807, 2.05) is 116 Å². The zero-order valence-electron chi connectivity index (χ0n) is 23.1. The van der Waals surface area contributed by atoms with Crippen molar-refractivity contribution in [2.75, 3.05) is 0 Å². The molecule has 1 heterocycles. The maximum Gasteiger partial charge on any atom is 0.310 e. The number of ether oxygens (including phenoxy) is 1. The number of hydrogen-bond donors (Lipinski definition) is 1. The highest BCUT2D eigenvalue weighted by Crippen LogP contribution is 2.42. The number of aliphatic hydroxyl groups is 1. The Labute approximate surface area is 235 Å². The van der Waals surface area contributed by atoms with Crippen molar-refractivity contribution in [3.8, 4) is 0 Å². The third-order valence-electron chi connectivity index (χ3n) is 7.04. The van der Waals surface area contributed by atoms with E-state index in [0.29, 0.717) is 11.3 Å². The first kappa shape index (κ1) is 27.1. The van der Waals surface area contributed by atoms with Crippen LogP contribution in [0.2, 0.25) is 0 Å². The summed E-state index contributed by atoms with van der Waals surface area (Å²) in [6.07, 6.45) is 3.32. The lowest BCUT2D eigenvalue weighted by molar-refractivity contribution is -0.159. The fourth-order valence-corrected chi connectivity index (χ4v) is 5.35. The highest BCUT2D eigenvalue weighted by Gasteiger charge is 2.42. The van der Waals surface area contributed by atoms with Gasteiger partial charge in [0.2, 0.25) is 0 Å². The molecule has 5 rings (SSSR count). The third kappa shape index (κ3) is 5.21. The summed E-state index contributed by atoms with van der Waals surface area (Å²) in [6, 6.07) is 39.9. The van der Waals surface area contributed by atoms with Gasteiger partial charge in [-0.25, -0.2) is 4.98 Å². The SMILES string of the molecule is CC(C)(C)OC(=O)CC(O)(c1ccccc1)c1cn(C(c2ccccc2)(c2ccccc2)c2ccccc2)cn1. The summed E-state index contributed by atoms with van der Waals surface area (Å²) >= 11 is 0. The molecule has 1 unspecified atom stereocenters. The largest absolute Gasteiger partial charge is 0.460 e. The molecule has 0 aliphatic heterocycles. The molecule has 5 aromatic rings. The number of benzene rings is 4. The van der Waals surface area contributed by atoms with E-state index < -0.39 is 22.7 Å². The Morgan fingerprint density at radius 3 is 1.50 bits per heavy atom. The normalized spacial score (nSPS) is 13.4. The van der Waals surface area contributed by atoms with Crippen LogP contribution in [0.5, 0.6) is 0 Å². The lowest BCUT2D eigenvalue weighted by Crippen LogP contribution is -2.37. The van der Waals surface area contributed by atoms with Crippen molar-refractivity contribution in [1.82, 2.24) is 9.55 Å². The van der Waals surface area contributed by atoms with Crippen molar-refractivity contribution in [3.63, 3.8) is 0 Å². The average molecular weight is 531 g/mol. The van der Waals surface area contributed by atoms with E-state index >= 15 is 0 Å². The van der Waals surface area contributed by atoms with E-state index in [-0.39, 0.29) is 6.42 Å². The number of nitrogens with zero attached hydrogens (tertiary/aromatic N) is 2. The number of aromatic nitrogens is 2. The first-order valence-electron chi connectivity index (χ1n) is 13.4. The second-order valence-electron chi connectivity index (χ2n) is 11.0. The Kier molecular flexibility index (Phi) is 7.42. The Bertz CT molecular complexity index is 1450. The molecule has 202 valence electrons. The molecule has 0 aliphatic rings. The number of carbonyl (C=O) groups excluding carboxylic acids is 1. The number of esters is 1. The van der Waals surface area contributed by atoms with Crippen molar-refractivity contribution in [1.29, 1.82) is 0 Å². The fraction of sp³-hybridized carbons (Fsp3) is 0.200. The predicted molar refractivity (Wildman–Crippen MR) is 157 cm³/mol. The van der Waals surface area contributed by atoms with Crippen molar-refractivity contribution >= 4 is 5.97 Å². The Morgan fingerprint density at radius 1 is 0.700 bits per heavy atom. The van der Waals surface area contributed by atoms with Crippen molar-refractivity contribution in [2.24, 2.45) is 0 Å². The molecule has 0 amide bonds. The first-order valence-corrected chi connectivity index (χ1v) is 13.4. The van der Waals surface area contributed by atoms with Gasteiger partial charge in [-0.2, -0.15) is 0 Å². The van der Waals surface area contributed by atoms with Crippen LogP contribution in [-0.4, -0.2) is 26.2 Å². The van der Waals surface area contributed by atoms with E-state index in [4.69, 9.17) is 9.72 Å². The summed E-state index contributed by atoms with van der Waals surface area (Å²) in [5.74, 6) is -0.506. The standard InChI is InChI=1S/C35H34N2O3/c1-33(2,3)40-32(38)24-34(39,27-16-8-4-9-17-27)31-25-37(26-36-31)35(28-18-10-5-11-19-28,29-20-12-6-13-21-29)30-22-14-7-15-23-30/h4-23,25-26,39H,24H2,1-3H3. The molecular formula is C35H34N2O3. The van der Waals surface area contributed by atoms with Gasteiger partial charge in [0.15, 0.2) is 0 Å². The smallest absolute Gasteiger partial charge is 0.310 e. The van der Waals surface area contributed by atoms with Gasteiger partial charge < -0.3 is 14.4 Å². The zero-order valence-corrected chi connectivity index (χ0v) is 23.1. The Balaban J connectivity index is 1.73. The van der Waals surface area contributed by atoms with Crippen LogP contribution in [0.15, 0.2) is 134 Å². The molecule has 0 bridgehead atoms. The van der Waals surface area contributed by atoms with E-state index in [9.17, 15) is 9.90 Å². The minimum atomic E-state index is -1.70. The summed E-state index contributed by atoms with van der Waals surface area (Å²) in [6.45, 7) is 5.44. The molecule has 0 spiro atoms. The van der Waals surface area contributed by atoms with E-state index in [2.05, 4.69) is 36.4 Å². The lowest BCUT2D eigenvalue weighted by Gasteiger charge is -2.37. The topological polar surface area (TPSA) is 64.3 Å². The van der Waals surface area contributed by atoms with Gasteiger partial charge in [-0.1, -0.05) is 121 Å². The second kappa shape index (κ2) is 10.9. The minimum Gasteiger partial charge on any atom is -0.460 e. The molecule has 0 saturated carbocycles. The molecule has 1 aromatic heterocycles. The molecule has 0 radical (unpaired) electrons. The van der Waals surface area contributed by atoms with Crippen LogP contribution in [0.3, 0.4) is 0 Å². The molecule has 1 atom stereocenters. The van der Waals surface area contributed by atoms with Crippen LogP contribution < -0.4 is 0 Å². The lowest BCUT2D eigenvalue weighted by atomic mass is 9.76. The van der Waals surface area contributed by atoms with Crippen LogP contribution >= 0.6 is 0 Å². The van der Waals surface area contributed by atoms with Crippen LogP contribution in [0.4, 0.5) is 0 Å². The van der Waals surface area contributed by atoms with E-state index in [1.165, 1.54) is 0 Å². The van der Waals surface area contributed by atoms with Gasteiger partial charge in [-0.05, 0) is 43.0 Å². The molecule has 0 aliphatic carbocycles. The quantitative estimate of drug-likeness (QED) is 0.179. The van der Waals surface area contributed by atoms with Gasteiger partial charge in [-0.15, -0.1) is 0 Å². The van der Waals surface area contributed by atoms with E-state index in [1.54, 1.807) is 6.33 Å². The Morgan fingerprint density at radius 2 is 1.10 bits per heavy atom. The van der Waals surface area contributed by atoms with Gasteiger partial charge >= 0.3 is 5.97 Å². The highest BCUT2D eigenvalue weighted by molar-refractivity contribution is 5.72. The van der Waals surface area contributed by atoms with Gasteiger partial charge in [0.05, 0.1) is 18.4 Å². The summed E-state index contributed by atoms with van der Waals surface area (Å²) in [7, 11) is 0. The van der Waals surface area contributed by atoms with E-state index in [0.717, 1.165) is 16.7 Å². The monoisotopic (exact) mass is 530 g/mol. The van der Waals surface area contributed by atoms with Crippen LogP contribution in [0.1, 0.15) is 55.1 Å². The van der Waals surface area contributed by atoms with Crippen LogP contribution in [0, 0.1) is 0 Å². The van der Waals surface area contributed by atoms with Gasteiger partial charge in [0, 0.05) is 6.20 Å². The van der Waals surface area contributed by atoms with Gasteiger partial charge in [-0.3, -0.25) is 4.79 Å². The van der Waals surface area contributed by atoms with Crippen molar-refractivity contribution in [3.05, 3.63) is 162 Å². The second-order valence-corrected chi connectivity index (χ2v) is 11.0. The summed E-state index contributed by atoms with van der Waals surface area (Å²) in [4.78, 5) is 17.8. The number of rotatable bonds is 8. The van der Waals surface area contributed by atoms with Gasteiger partial charge in [0.25, 0.3) is 0 Å². The fourth-order valence-electron chi connectivity index (χ4n) is 5.35. The maximum atomic E-state index is 13.1. The zero-order chi connectivity index (χ0) is 28.2. The molecule has 1 N–H and O–H groups in total.